The minimum atomic E-state index is -1.05. The molecule has 0 atom stereocenters. The molecule has 4 aromatic rings. The van der Waals surface area contributed by atoms with Crippen LogP contribution < -0.4 is 15.5 Å². The Morgan fingerprint density at radius 1 is 0.889 bits per heavy atom. The molecule has 0 bridgehead atoms. The zero-order valence-corrected chi connectivity index (χ0v) is 19.8. The molecule has 10 heteroatoms. The predicted octanol–water partition coefficient (Wildman–Crippen LogP) is 5.59. The highest BCUT2D eigenvalue weighted by Crippen LogP contribution is 2.29. The summed E-state index contributed by atoms with van der Waals surface area (Å²) in [5.74, 6) is -3.10. The number of hydrazone groups is 1. The van der Waals surface area contributed by atoms with Crippen LogP contribution in [0.4, 0.5) is 10.1 Å². The quantitative estimate of drug-likeness (QED) is 0.117. The van der Waals surface area contributed by atoms with Crippen molar-refractivity contribution in [2.45, 2.75) is 0 Å². The number of esters is 1. The fraction of sp³-hybridized carbons (Fsp3) is 0. The van der Waals surface area contributed by atoms with Gasteiger partial charge >= 0.3 is 17.8 Å². The number of fused-ring (bicyclic) bond motifs is 1. The lowest BCUT2D eigenvalue weighted by atomic mass is 10.0. The molecule has 0 fully saturated rings. The molecule has 0 aliphatic rings. The van der Waals surface area contributed by atoms with Gasteiger partial charge in [-0.1, -0.05) is 53.5 Å². The Hall–Kier alpha value is -4.27. The number of halogens is 3. The maximum atomic E-state index is 13.0. The van der Waals surface area contributed by atoms with Gasteiger partial charge in [-0.15, -0.1) is 0 Å². The number of nitrogens with zero attached hydrogens (tertiary/aromatic N) is 1. The van der Waals surface area contributed by atoms with Gasteiger partial charge in [-0.25, -0.2) is 14.6 Å². The molecular weight excluding hydrogens is 508 g/mol. The van der Waals surface area contributed by atoms with Crippen molar-refractivity contribution < 1.29 is 23.5 Å². The van der Waals surface area contributed by atoms with Crippen molar-refractivity contribution in [3.63, 3.8) is 0 Å². The van der Waals surface area contributed by atoms with Crippen LogP contribution in [0.25, 0.3) is 10.8 Å². The minimum Gasteiger partial charge on any atom is -0.422 e. The Labute approximate surface area is 214 Å². The zero-order chi connectivity index (χ0) is 25.7. The number of ether oxygens (including phenoxy) is 1. The summed E-state index contributed by atoms with van der Waals surface area (Å²) < 4.78 is 18.6. The normalized spacial score (nSPS) is 10.9. The largest absolute Gasteiger partial charge is 0.422 e. The molecule has 0 saturated heterocycles. The second-order valence-corrected chi connectivity index (χ2v) is 8.22. The van der Waals surface area contributed by atoms with Gasteiger partial charge < -0.3 is 10.1 Å². The molecule has 4 aromatic carbocycles. The molecule has 7 nitrogen and oxygen atoms in total. The molecule has 36 heavy (non-hydrogen) atoms. The fourth-order valence-corrected chi connectivity index (χ4v) is 3.72. The molecule has 0 saturated carbocycles. The van der Waals surface area contributed by atoms with E-state index in [2.05, 4.69) is 15.8 Å². The average molecular weight is 524 g/mol. The summed E-state index contributed by atoms with van der Waals surface area (Å²) in [6, 6.07) is 19.9. The van der Waals surface area contributed by atoms with Gasteiger partial charge in [0.05, 0.1) is 16.8 Å². The second-order valence-electron chi connectivity index (χ2n) is 7.37. The molecule has 2 amide bonds. The first-order chi connectivity index (χ1) is 17.3. The second kappa shape index (κ2) is 11.0. The first-order valence-corrected chi connectivity index (χ1v) is 11.2. The molecule has 0 aromatic heterocycles. The lowest BCUT2D eigenvalue weighted by molar-refractivity contribution is -0.136. The minimum absolute atomic E-state index is 0.114. The molecule has 0 heterocycles. The fourth-order valence-electron chi connectivity index (χ4n) is 3.23. The van der Waals surface area contributed by atoms with Crippen LogP contribution in [0.1, 0.15) is 15.9 Å². The van der Waals surface area contributed by atoms with Crippen molar-refractivity contribution in [3.8, 4) is 5.75 Å². The Morgan fingerprint density at radius 2 is 1.64 bits per heavy atom. The number of anilines is 1. The van der Waals surface area contributed by atoms with E-state index in [4.69, 9.17) is 27.9 Å². The highest BCUT2D eigenvalue weighted by atomic mass is 35.5. The van der Waals surface area contributed by atoms with Crippen LogP contribution in [-0.4, -0.2) is 24.0 Å². The van der Waals surface area contributed by atoms with Gasteiger partial charge in [-0.05, 0) is 59.3 Å². The van der Waals surface area contributed by atoms with E-state index < -0.39 is 23.6 Å². The standard InChI is InChI=1S/C26H16Cl2FN3O4/c27-16-6-11-20(22(28)13-16)26(35)36-23-12-5-15-3-1-2-4-19(15)21(23)14-30-32-25(34)24(33)31-18-9-7-17(29)8-10-18/h1-14H,(H,31,33)(H,32,34)/b30-14+. The van der Waals surface area contributed by atoms with Gasteiger partial charge in [0, 0.05) is 16.3 Å². The predicted molar refractivity (Wildman–Crippen MR) is 136 cm³/mol. The van der Waals surface area contributed by atoms with Crippen molar-refractivity contribution >= 4 is 63.7 Å². The molecule has 4 rings (SSSR count). The number of benzene rings is 4. The van der Waals surface area contributed by atoms with Crippen LogP contribution in [0.3, 0.4) is 0 Å². The van der Waals surface area contributed by atoms with Crippen molar-refractivity contribution in [2.24, 2.45) is 5.10 Å². The van der Waals surface area contributed by atoms with E-state index in [9.17, 15) is 18.8 Å². The third kappa shape index (κ3) is 5.86. The van der Waals surface area contributed by atoms with Gasteiger partial charge in [-0.2, -0.15) is 5.10 Å². The monoisotopic (exact) mass is 523 g/mol. The van der Waals surface area contributed by atoms with Gasteiger partial charge in [0.25, 0.3) is 0 Å². The molecule has 2 N–H and O–H groups in total. The Bertz CT molecular complexity index is 1510. The number of amides is 2. The Kier molecular flexibility index (Phi) is 7.58. The van der Waals surface area contributed by atoms with Crippen LogP contribution in [0.15, 0.2) is 84.0 Å². The molecule has 0 radical (unpaired) electrons. The van der Waals surface area contributed by atoms with E-state index in [1.54, 1.807) is 24.3 Å². The summed E-state index contributed by atoms with van der Waals surface area (Å²) >= 11 is 12.0. The number of hydrogen-bond donors (Lipinski definition) is 2. The molecule has 0 spiro atoms. The third-order valence-corrected chi connectivity index (χ3v) is 5.50. The van der Waals surface area contributed by atoms with E-state index >= 15 is 0 Å². The summed E-state index contributed by atoms with van der Waals surface area (Å²) in [6.07, 6.45) is 1.26. The van der Waals surface area contributed by atoms with Crippen molar-refractivity contribution in [1.82, 2.24) is 5.43 Å². The van der Waals surface area contributed by atoms with Gasteiger partial charge in [0.15, 0.2) is 0 Å². The molecule has 0 aliphatic carbocycles. The van der Waals surface area contributed by atoms with Crippen LogP contribution in [0.2, 0.25) is 10.0 Å². The van der Waals surface area contributed by atoms with Crippen molar-refractivity contribution in [3.05, 3.63) is 106 Å². The van der Waals surface area contributed by atoms with Crippen LogP contribution in [0.5, 0.6) is 5.75 Å². The summed E-state index contributed by atoms with van der Waals surface area (Å²) in [4.78, 5) is 37.0. The topological polar surface area (TPSA) is 96.9 Å². The van der Waals surface area contributed by atoms with E-state index in [-0.39, 0.29) is 22.0 Å². The summed E-state index contributed by atoms with van der Waals surface area (Å²) in [5.41, 5.74) is 2.86. The third-order valence-electron chi connectivity index (χ3n) is 4.95. The van der Waals surface area contributed by atoms with E-state index in [0.717, 1.165) is 17.5 Å². The summed E-state index contributed by atoms with van der Waals surface area (Å²) in [6.45, 7) is 0. The number of hydrogen-bond acceptors (Lipinski definition) is 5. The summed E-state index contributed by atoms with van der Waals surface area (Å²) in [7, 11) is 0. The summed E-state index contributed by atoms with van der Waals surface area (Å²) in [5, 5.41) is 8.19. The lowest BCUT2D eigenvalue weighted by Crippen LogP contribution is -2.32. The van der Waals surface area contributed by atoms with Crippen molar-refractivity contribution in [2.75, 3.05) is 5.32 Å². The first kappa shape index (κ1) is 24.8. The maximum Gasteiger partial charge on any atom is 0.345 e. The smallest absolute Gasteiger partial charge is 0.345 e. The molecular formula is C26H16Cl2FN3O4. The van der Waals surface area contributed by atoms with Crippen molar-refractivity contribution in [1.29, 1.82) is 0 Å². The number of carbonyl (C=O) groups is 3. The number of nitrogens with one attached hydrogen (secondary N) is 2. The Balaban J connectivity index is 1.55. The average Bonchev–Trinajstić information content (AvgIpc) is 2.86. The van der Waals surface area contributed by atoms with Crippen LogP contribution >= 0.6 is 23.2 Å². The number of rotatable bonds is 5. The van der Waals surface area contributed by atoms with Crippen LogP contribution in [-0.2, 0) is 9.59 Å². The first-order valence-electron chi connectivity index (χ1n) is 10.4. The SMILES string of the molecule is O=C(N/N=C/c1c(OC(=O)c2ccc(Cl)cc2Cl)ccc2ccccc12)C(=O)Nc1ccc(F)cc1. The van der Waals surface area contributed by atoms with Gasteiger partial charge in [-0.3, -0.25) is 9.59 Å². The van der Waals surface area contributed by atoms with E-state index in [0.29, 0.717) is 16.0 Å². The van der Waals surface area contributed by atoms with Crippen LogP contribution in [0, 0.1) is 5.82 Å². The zero-order valence-electron chi connectivity index (χ0n) is 18.3. The van der Waals surface area contributed by atoms with Gasteiger partial charge in [0.1, 0.15) is 11.6 Å². The van der Waals surface area contributed by atoms with E-state index in [1.165, 1.54) is 36.5 Å². The molecule has 180 valence electrons. The molecule has 0 unspecified atom stereocenters. The number of carbonyl (C=O) groups excluding carboxylic acids is 3. The molecule has 0 aliphatic heterocycles. The van der Waals surface area contributed by atoms with Gasteiger partial charge in [0.2, 0.25) is 0 Å². The lowest BCUT2D eigenvalue weighted by Gasteiger charge is -2.11. The maximum absolute atomic E-state index is 13.0. The highest BCUT2D eigenvalue weighted by molar-refractivity contribution is 6.39. The highest BCUT2D eigenvalue weighted by Gasteiger charge is 2.17. The van der Waals surface area contributed by atoms with E-state index in [1.807, 2.05) is 12.1 Å². The Morgan fingerprint density at radius 3 is 2.39 bits per heavy atom.